The number of H-pyrrole nitrogens is 1. The van der Waals surface area contributed by atoms with E-state index in [1.165, 1.54) is 0 Å². The van der Waals surface area contributed by atoms with Crippen LogP contribution in [0.25, 0.3) is 11.0 Å². The molecule has 1 aromatic carbocycles. The van der Waals surface area contributed by atoms with Crippen LogP contribution in [0.15, 0.2) is 24.5 Å². The maximum Gasteiger partial charge on any atom is 0.224 e. The van der Waals surface area contributed by atoms with Crippen molar-refractivity contribution in [2.24, 2.45) is 0 Å². The first-order chi connectivity index (χ1) is 8.22. The fraction of sp³-hybridized carbons (Fsp3) is 0.333. The number of hydrogen-bond donors (Lipinski definition) is 1. The Labute approximate surface area is 104 Å². The van der Waals surface area contributed by atoms with Crippen molar-refractivity contribution in [3.05, 3.63) is 30.1 Å². The number of rotatable bonds is 2. The summed E-state index contributed by atoms with van der Waals surface area (Å²) in [4.78, 5) is 20.7. The molecular weight excluding hydrogens is 238 g/mol. The van der Waals surface area contributed by atoms with Crippen molar-refractivity contribution in [3.63, 3.8) is 0 Å². The number of nitrogens with one attached hydrogen (secondary N) is 1. The number of nitrogens with zero attached hydrogens (tertiary/aromatic N) is 2. The maximum atomic E-state index is 11.6. The van der Waals surface area contributed by atoms with Gasteiger partial charge in [0.2, 0.25) is 5.91 Å². The summed E-state index contributed by atoms with van der Waals surface area (Å²) in [6.45, 7) is 1.26. The number of likely N-dealkylation sites (tertiary alicyclic amines) is 1. The van der Waals surface area contributed by atoms with E-state index in [9.17, 15) is 4.79 Å². The van der Waals surface area contributed by atoms with Crippen LogP contribution < -0.4 is 0 Å². The zero-order chi connectivity index (χ0) is 11.8. The molecule has 3 rings (SSSR count). The van der Waals surface area contributed by atoms with E-state index >= 15 is 0 Å². The van der Waals surface area contributed by atoms with E-state index in [4.69, 9.17) is 11.6 Å². The molecule has 88 valence electrons. The lowest BCUT2D eigenvalue weighted by Gasteiger charge is -2.15. The Morgan fingerprint density at radius 3 is 3.18 bits per heavy atom. The van der Waals surface area contributed by atoms with E-state index in [1.807, 2.05) is 18.2 Å². The minimum absolute atomic E-state index is 0.0432. The summed E-state index contributed by atoms with van der Waals surface area (Å²) in [5, 5.41) is -0.0432. The summed E-state index contributed by atoms with van der Waals surface area (Å²) >= 11 is 5.97. The van der Waals surface area contributed by atoms with E-state index in [1.54, 1.807) is 11.2 Å². The Bertz CT molecular complexity index is 566. The van der Waals surface area contributed by atoms with Gasteiger partial charge in [0, 0.05) is 19.5 Å². The molecule has 0 bridgehead atoms. The highest BCUT2D eigenvalue weighted by Crippen LogP contribution is 2.20. The van der Waals surface area contributed by atoms with Crippen LogP contribution in [0, 0.1) is 0 Å². The maximum absolute atomic E-state index is 11.6. The molecule has 1 atom stereocenters. The van der Waals surface area contributed by atoms with Gasteiger partial charge in [0.15, 0.2) is 0 Å². The summed E-state index contributed by atoms with van der Waals surface area (Å²) in [6, 6.07) is 5.98. The molecule has 5 heteroatoms. The lowest BCUT2D eigenvalue weighted by atomic mass is 10.2. The molecule has 0 radical (unpaired) electrons. The fourth-order valence-corrected chi connectivity index (χ4v) is 2.48. The van der Waals surface area contributed by atoms with Crippen LogP contribution in [0.5, 0.6) is 0 Å². The predicted molar refractivity (Wildman–Crippen MR) is 65.8 cm³/mol. The number of carbonyl (C=O) groups is 1. The second-order valence-corrected chi connectivity index (χ2v) is 4.95. The molecule has 2 aromatic rings. The van der Waals surface area contributed by atoms with Crippen LogP contribution in [-0.2, 0) is 11.3 Å². The van der Waals surface area contributed by atoms with Crippen molar-refractivity contribution in [1.29, 1.82) is 0 Å². The summed E-state index contributed by atoms with van der Waals surface area (Å²) in [5.41, 5.74) is 3.04. The minimum atomic E-state index is -0.0432. The second-order valence-electron chi connectivity index (χ2n) is 4.33. The SMILES string of the molecule is O=C1CC(Cl)CN1Cc1ccc2nc[nH]c2c1. The van der Waals surface area contributed by atoms with Crippen LogP contribution in [0.1, 0.15) is 12.0 Å². The number of imidazole rings is 1. The molecule has 0 saturated carbocycles. The van der Waals surface area contributed by atoms with Crippen molar-refractivity contribution in [3.8, 4) is 0 Å². The van der Waals surface area contributed by atoms with Crippen LogP contribution >= 0.6 is 11.6 Å². The lowest BCUT2D eigenvalue weighted by molar-refractivity contribution is -0.128. The van der Waals surface area contributed by atoms with Gasteiger partial charge >= 0.3 is 0 Å². The summed E-state index contributed by atoms with van der Waals surface area (Å²) in [7, 11) is 0. The van der Waals surface area contributed by atoms with Gasteiger partial charge < -0.3 is 9.88 Å². The van der Waals surface area contributed by atoms with E-state index in [0.717, 1.165) is 16.6 Å². The number of fused-ring (bicyclic) bond motifs is 1. The largest absolute Gasteiger partial charge is 0.345 e. The Morgan fingerprint density at radius 1 is 1.53 bits per heavy atom. The molecule has 17 heavy (non-hydrogen) atoms. The number of benzene rings is 1. The van der Waals surface area contributed by atoms with Crippen molar-refractivity contribution in [2.75, 3.05) is 6.54 Å². The molecule has 1 aliphatic heterocycles. The highest BCUT2D eigenvalue weighted by molar-refractivity contribution is 6.22. The summed E-state index contributed by atoms with van der Waals surface area (Å²) in [6.07, 6.45) is 2.12. The molecule has 0 aliphatic carbocycles. The van der Waals surface area contributed by atoms with Crippen molar-refractivity contribution < 1.29 is 4.79 Å². The molecular formula is C12H12ClN3O. The molecule has 2 heterocycles. The number of halogens is 1. The van der Waals surface area contributed by atoms with Crippen LogP contribution in [0.4, 0.5) is 0 Å². The van der Waals surface area contributed by atoms with Gasteiger partial charge in [-0.25, -0.2) is 4.98 Å². The highest BCUT2D eigenvalue weighted by Gasteiger charge is 2.27. The Kier molecular flexibility index (Phi) is 2.52. The quantitative estimate of drug-likeness (QED) is 0.827. The van der Waals surface area contributed by atoms with Gasteiger partial charge in [0.25, 0.3) is 0 Å². The van der Waals surface area contributed by atoms with Crippen molar-refractivity contribution in [1.82, 2.24) is 14.9 Å². The molecule has 1 aromatic heterocycles. The third-order valence-electron chi connectivity index (χ3n) is 3.03. The second kappa shape index (κ2) is 4.04. The van der Waals surface area contributed by atoms with Crippen molar-refractivity contribution in [2.45, 2.75) is 18.3 Å². The molecule has 1 fully saturated rings. The third kappa shape index (κ3) is 2.00. The highest BCUT2D eigenvalue weighted by atomic mass is 35.5. The lowest BCUT2D eigenvalue weighted by Crippen LogP contribution is -2.24. The normalized spacial score (nSPS) is 20.4. The topological polar surface area (TPSA) is 49.0 Å². The first-order valence-electron chi connectivity index (χ1n) is 5.56. The van der Waals surface area contributed by atoms with Crippen LogP contribution in [0.2, 0.25) is 0 Å². The van der Waals surface area contributed by atoms with Gasteiger partial charge in [-0.05, 0) is 17.7 Å². The van der Waals surface area contributed by atoms with Gasteiger partial charge in [-0.1, -0.05) is 6.07 Å². The molecule has 0 spiro atoms. The number of hydrogen-bond acceptors (Lipinski definition) is 2. The fourth-order valence-electron chi connectivity index (χ4n) is 2.18. The number of aromatic nitrogens is 2. The van der Waals surface area contributed by atoms with E-state index in [-0.39, 0.29) is 11.3 Å². The van der Waals surface area contributed by atoms with Gasteiger partial charge in [-0.15, -0.1) is 11.6 Å². The summed E-state index contributed by atoms with van der Waals surface area (Å²) in [5.74, 6) is 0.134. The molecule has 1 amide bonds. The van der Waals surface area contributed by atoms with Crippen LogP contribution in [0.3, 0.4) is 0 Å². The monoisotopic (exact) mass is 249 g/mol. The van der Waals surface area contributed by atoms with E-state index < -0.39 is 0 Å². The number of carbonyl (C=O) groups excluding carboxylic acids is 1. The standard InChI is InChI=1S/C12H12ClN3O/c13-9-4-12(17)16(6-9)5-8-1-2-10-11(3-8)15-7-14-10/h1-3,7,9H,4-6H2,(H,14,15). The first-order valence-corrected chi connectivity index (χ1v) is 6.00. The van der Waals surface area contributed by atoms with Gasteiger partial charge in [-0.2, -0.15) is 0 Å². The van der Waals surface area contributed by atoms with Gasteiger partial charge in [0.1, 0.15) is 0 Å². The molecule has 1 saturated heterocycles. The zero-order valence-corrected chi connectivity index (χ0v) is 9.94. The first kappa shape index (κ1) is 10.6. The number of amides is 1. The number of alkyl halides is 1. The molecule has 1 aliphatic rings. The Morgan fingerprint density at radius 2 is 2.41 bits per heavy atom. The summed E-state index contributed by atoms with van der Waals surface area (Å²) < 4.78 is 0. The smallest absolute Gasteiger partial charge is 0.224 e. The number of aromatic amines is 1. The molecule has 1 unspecified atom stereocenters. The average molecular weight is 250 g/mol. The van der Waals surface area contributed by atoms with E-state index in [2.05, 4.69) is 9.97 Å². The van der Waals surface area contributed by atoms with Gasteiger partial charge in [0.05, 0.1) is 22.7 Å². The third-order valence-corrected chi connectivity index (χ3v) is 3.32. The minimum Gasteiger partial charge on any atom is -0.345 e. The van der Waals surface area contributed by atoms with Crippen LogP contribution in [-0.4, -0.2) is 32.7 Å². The van der Waals surface area contributed by atoms with E-state index in [0.29, 0.717) is 19.5 Å². The molecule has 1 N–H and O–H groups in total. The average Bonchev–Trinajstić information content (AvgIpc) is 2.85. The Balaban J connectivity index is 1.82. The molecule has 4 nitrogen and oxygen atoms in total. The van der Waals surface area contributed by atoms with Gasteiger partial charge in [-0.3, -0.25) is 4.79 Å². The predicted octanol–water partition coefficient (Wildman–Crippen LogP) is 1.90. The van der Waals surface area contributed by atoms with Crippen molar-refractivity contribution >= 4 is 28.5 Å². The Hall–Kier alpha value is -1.55. The zero-order valence-electron chi connectivity index (χ0n) is 9.19.